The number of nitro groups is 1. The second kappa shape index (κ2) is 7.77. The summed E-state index contributed by atoms with van der Waals surface area (Å²) in [7, 11) is 2.94. The lowest BCUT2D eigenvalue weighted by Crippen LogP contribution is -2.17. The summed E-state index contributed by atoms with van der Waals surface area (Å²) in [6.45, 7) is 0. The summed E-state index contributed by atoms with van der Waals surface area (Å²) in [5, 5.41) is 23.9. The van der Waals surface area contributed by atoms with Gasteiger partial charge in [-0.2, -0.15) is 5.10 Å². The normalized spacial score (nSPS) is 10.5. The van der Waals surface area contributed by atoms with Crippen molar-refractivity contribution in [1.82, 2.24) is 5.43 Å². The van der Waals surface area contributed by atoms with Crippen LogP contribution in [0.1, 0.15) is 15.9 Å². The van der Waals surface area contributed by atoms with Gasteiger partial charge in [0, 0.05) is 17.2 Å². The molecule has 2 aromatic rings. The number of hydrazone groups is 1. The van der Waals surface area contributed by atoms with Crippen LogP contribution in [0.4, 0.5) is 5.69 Å². The van der Waals surface area contributed by atoms with E-state index >= 15 is 0 Å². The summed E-state index contributed by atoms with van der Waals surface area (Å²) in [5.74, 6) is -0.0609. The molecule has 0 aliphatic carbocycles. The van der Waals surface area contributed by atoms with E-state index in [1.165, 1.54) is 44.7 Å². The van der Waals surface area contributed by atoms with E-state index in [1.54, 1.807) is 6.07 Å². The molecule has 0 bridgehead atoms. The van der Waals surface area contributed by atoms with E-state index in [1.807, 2.05) is 0 Å². The topological polar surface area (TPSA) is 123 Å². The predicted octanol–water partition coefficient (Wildman–Crippen LogP) is 2.08. The number of phenols is 1. The lowest BCUT2D eigenvalue weighted by molar-refractivity contribution is -0.385. The molecule has 0 fully saturated rings. The van der Waals surface area contributed by atoms with Gasteiger partial charge in [0.25, 0.3) is 5.91 Å². The standard InChI is InChI=1S/C16H15N3O6/c1-24-14-6-4-11(8-15(14)25-2)16(21)18-17-9-10-3-5-13(20)12(7-10)19(22)23/h3-9,20H,1-2H3,(H,18,21)/b17-9+. The number of methoxy groups -OCH3 is 2. The van der Waals surface area contributed by atoms with Gasteiger partial charge in [0.15, 0.2) is 17.2 Å². The molecule has 0 aliphatic rings. The number of nitro benzene ring substituents is 1. The van der Waals surface area contributed by atoms with Crippen molar-refractivity contribution < 1.29 is 24.3 Å². The third-order valence-electron chi connectivity index (χ3n) is 3.22. The van der Waals surface area contributed by atoms with Crippen molar-refractivity contribution in [3.05, 3.63) is 57.6 Å². The van der Waals surface area contributed by atoms with Crippen LogP contribution in [0.5, 0.6) is 17.2 Å². The molecule has 0 aliphatic heterocycles. The van der Waals surface area contributed by atoms with Crippen LogP contribution in [0, 0.1) is 10.1 Å². The van der Waals surface area contributed by atoms with Gasteiger partial charge < -0.3 is 14.6 Å². The van der Waals surface area contributed by atoms with Gasteiger partial charge >= 0.3 is 5.69 Å². The monoisotopic (exact) mass is 345 g/mol. The second-order valence-electron chi connectivity index (χ2n) is 4.77. The Bertz CT molecular complexity index is 835. The Kier molecular flexibility index (Phi) is 5.51. The largest absolute Gasteiger partial charge is 0.502 e. The fraction of sp³-hybridized carbons (Fsp3) is 0.125. The van der Waals surface area contributed by atoms with Gasteiger partial charge in [-0.3, -0.25) is 14.9 Å². The van der Waals surface area contributed by atoms with Gasteiger partial charge in [0.1, 0.15) is 0 Å². The van der Waals surface area contributed by atoms with Crippen LogP contribution in [0.25, 0.3) is 0 Å². The molecule has 2 rings (SSSR count). The number of hydrogen-bond acceptors (Lipinski definition) is 7. The fourth-order valence-electron chi connectivity index (χ4n) is 1.97. The van der Waals surface area contributed by atoms with E-state index in [9.17, 15) is 20.0 Å². The highest BCUT2D eigenvalue weighted by Crippen LogP contribution is 2.27. The average molecular weight is 345 g/mol. The van der Waals surface area contributed by atoms with Gasteiger partial charge in [-0.05, 0) is 30.3 Å². The maximum Gasteiger partial charge on any atom is 0.311 e. The van der Waals surface area contributed by atoms with E-state index in [4.69, 9.17) is 9.47 Å². The third kappa shape index (κ3) is 4.22. The number of amides is 1. The summed E-state index contributed by atoms with van der Waals surface area (Å²) in [4.78, 5) is 22.1. The predicted molar refractivity (Wildman–Crippen MR) is 89.4 cm³/mol. The Labute approximate surface area is 142 Å². The highest BCUT2D eigenvalue weighted by molar-refractivity contribution is 5.95. The van der Waals surface area contributed by atoms with Crippen molar-refractivity contribution in [2.24, 2.45) is 5.10 Å². The van der Waals surface area contributed by atoms with Crippen molar-refractivity contribution in [2.45, 2.75) is 0 Å². The van der Waals surface area contributed by atoms with E-state index < -0.39 is 22.3 Å². The quantitative estimate of drug-likeness (QED) is 0.469. The lowest BCUT2D eigenvalue weighted by Gasteiger charge is -2.08. The van der Waals surface area contributed by atoms with Crippen molar-refractivity contribution in [1.29, 1.82) is 0 Å². The second-order valence-corrected chi connectivity index (χ2v) is 4.77. The first-order chi connectivity index (χ1) is 12.0. The molecule has 1 amide bonds. The minimum absolute atomic E-state index is 0.298. The minimum atomic E-state index is -0.713. The van der Waals surface area contributed by atoms with Crippen LogP contribution in [-0.4, -0.2) is 36.4 Å². The molecule has 0 aromatic heterocycles. The zero-order chi connectivity index (χ0) is 18.4. The molecule has 2 N–H and O–H groups in total. The first-order valence-corrected chi connectivity index (χ1v) is 6.99. The van der Waals surface area contributed by atoms with Crippen LogP contribution in [0.15, 0.2) is 41.5 Å². The maximum atomic E-state index is 12.1. The Morgan fingerprint density at radius 1 is 1.20 bits per heavy atom. The van der Waals surface area contributed by atoms with Crippen LogP contribution in [-0.2, 0) is 0 Å². The molecule has 0 radical (unpaired) electrons. The summed E-state index contributed by atoms with van der Waals surface area (Å²) in [5.41, 5.74) is 2.49. The summed E-state index contributed by atoms with van der Waals surface area (Å²) < 4.78 is 10.2. The Balaban J connectivity index is 2.10. The van der Waals surface area contributed by atoms with Gasteiger partial charge in [0.05, 0.1) is 25.4 Å². The first-order valence-electron chi connectivity index (χ1n) is 6.99. The van der Waals surface area contributed by atoms with Crippen molar-refractivity contribution >= 4 is 17.8 Å². The highest BCUT2D eigenvalue weighted by atomic mass is 16.6. The molecule has 0 saturated carbocycles. The molecule has 0 heterocycles. The Morgan fingerprint density at radius 3 is 2.56 bits per heavy atom. The first kappa shape index (κ1) is 17.7. The van der Waals surface area contributed by atoms with Crippen LogP contribution < -0.4 is 14.9 Å². The molecule has 2 aromatic carbocycles. The number of hydrogen-bond donors (Lipinski definition) is 2. The van der Waals surface area contributed by atoms with E-state index in [0.29, 0.717) is 22.6 Å². The fourth-order valence-corrected chi connectivity index (χ4v) is 1.97. The van der Waals surface area contributed by atoms with Crippen molar-refractivity contribution in [2.75, 3.05) is 14.2 Å². The zero-order valence-corrected chi connectivity index (χ0v) is 13.4. The Morgan fingerprint density at radius 2 is 1.92 bits per heavy atom. The number of aromatic hydroxyl groups is 1. The molecule has 0 unspecified atom stereocenters. The van der Waals surface area contributed by atoms with Gasteiger partial charge in [-0.1, -0.05) is 0 Å². The summed E-state index contributed by atoms with van der Waals surface area (Å²) >= 11 is 0. The average Bonchev–Trinajstić information content (AvgIpc) is 2.62. The Hall–Kier alpha value is -3.62. The summed E-state index contributed by atoms with van der Waals surface area (Å²) in [6, 6.07) is 8.36. The van der Waals surface area contributed by atoms with Crippen LogP contribution in [0.3, 0.4) is 0 Å². The van der Waals surface area contributed by atoms with Gasteiger partial charge in [-0.15, -0.1) is 0 Å². The van der Waals surface area contributed by atoms with Gasteiger partial charge in [-0.25, -0.2) is 5.43 Å². The molecule has 0 spiro atoms. The van der Waals surface area contributed by atoms with Gasteiger partial charge in [0.2, 0.25) is 0 Å². The number of phenolic OH excluding ortho intramolecular Hbond substituents is 1. The number of rotatable bonds is 6. The molecule has 0 atom stereocenters. The lowest BCUT2D eigenvalue weighted by atomic mass is 10.2. The molecule has 25 heavy (non-hydrogen) atoms. The molecule has 0 saturated heterocycles. The van der Waals surface area contributed by atoms with E-state index in [0.717, 1.165) is 6.07 Å². The molecular weight excluding hydrogens is 330 g/mol. The number of carbonyl (C=O) groups excluding carboxylic acids is 1. The van der Waals surface area contributed by atoms with E-state index in [2.05, 4.69) is 10.5 Å². The molecular formula is C16H15N3O6. The minimum Gasteiger partial charge on any atom is -0.502 e. The zero-order valence-electron chi connectivity index (χ0n) is 13.4. The van der Waals surface area contributed by atoms with Crippen molar-refractivity contribution in [3.63, 3.8) is 0 Å². The number of nitrogens with zero attached hydrogens (tertiary/aromatic N) is 2. The molecule has 130 valence electrons. The smallest absolute Gasteiger partial charge is 0.311 e. The van der Waals surface area contributed by atoms with Crippen LogP contribution in [0.2, 0.25) is 0 Å². The SMILES string of the molecule is COc1ccc(C(=O)N/N=C/c2ccc(O)c([N+](=O)[O-])c2)cc1OC. The number of ether oxygens (including phenoxy) is 2. The molecule has 9 nitrogen and oxygen atoms in total. The summed E-state index contributed by atoms with van der Waals surface area (Å²) in [6.07, 6.45) is 1.23. The maximum absolute atomic E-state index is 12.1. The van der Waals surface area contributed by atoms with Crippen LogP contribution >= 0.6 is 0 Å². The van der Waals surface area contributed by atoms with Crippen molar-refractivity contribution in [3.8, 4) is 17.2 Å². The van der Waals surface area contributed by atoms with E-state index in [-0.39, 0.29) is 0 Å². The number of carbonyl (C=O) groups is 1. The number of benzene rings is 2. The number of nitrogens with one attached hydrogen (secondary N) is 1. The molecule has 9 heteroatoms. The third-order valence-corrected chi connectivity index (χ3v) is 3.22. The highest BCUT2D eigenvalue weighted by Gasteiger charge is 2.13.